The van der Waals surface area contributed by atoms with Crippen LogP contribution in [0, 0.1) is 5.92 Å². The van der Waals surface area contributed by atoms with E-state index in [9.17, 15) is 0 Å². The number of nitrogens with zero attached hydrogens (tertiary/aromatic N) is 1. The van der Waals surface area contributed by atoms with Gasteiger partial charge < -0.3 is 5.73 Å². The number of aliphatic imine (C=N–C) groups is 1. The van der Waals surface area contributed by atoms with E-state index >= 15 is 0 Å². The van der Waals surface area contributed by atoms with Crippen molar-refractivity contribution in [3.05, 3.63) is 29.8 Å². The molecule has 1 saturated carbocycles. The first kappa shape index (κ1) is 13.1. The van der Waals surface area contributed by atoms with E-state index in [1.807, 2.05) is 0 Å². The van der Waals surface area contributed by atoms with Gasteiger partial charge in [-0.1, -0.05) is 45.2 Å². The van der Waals surface area contributed by atoms with Crippen molar-refractivity contribution >= 4 is 11.5 Å². The smallest absolute Gasteiger partial charge is 0.103 e. The molecule has 1 aromatic rings. The summed E-state index contributed by atoms with van der Waals surface area (Å²) in [6, 6.07) is 8.45. The Morgan fingerprint density at radius 3 is 2.28 bits per heavy atom. The zero-order valence-electron chi connectivity index (χ0n) is 11.5. The van der Waals surface area contributed by atoms with Crippen LogP contribution in [0.15, 0.2) is 29.3 Å². The largest absolute Gasteiger partial charge is 0.387 e. The third-order valence-corrected chi connectivity index (χ3v) is 3.84. The van der Waals surface area contributed by atoms with E-state index < -0.39 is 0 Å². The van der Waals surface area contributed by atoms with Crippen LogP contribution in [0.5, 0.6) is 0 Å². The molecule has 1 aliphatic carbocycles. The molecular weight excluding hydrogens is 220 g/mol. The molecule has 2 nitrogen and oxygen atoms in total. The van der Waals surface area contributed by atoms with Crippen LogP contribution in [0.4, 0.5) is 5.69 Å². The number of nitrogens with two attached hydrogens (primary N) is 1. The zero-order chi connectivity index (χ0) is 13.0. The molecule has 0 spiro atoms. The lowest BCUT2D eigenvalue weighted by atomic mass is 9.88. The van der Waals surface area contributed by atoms with Crippen molar-refractivity contribution in [2.24, 2.45) is 16.6 Å². The minimum absolute atomic E-state index is 0.503. The number of hydrogen-bond donors (Lipinski definition) is 1. The standard InChI is InChI=1S/C16H24N2/c1-12(2)13-8-10-15(11-9-13)18-16(17)14-6-4-3-5-7-14/h8-12,14H,3-7H2,1-2H3,(H2,17,18). The van der Waals surface area contributed by atoms with Crippen molar-refractivity contribution in [2.45, 2.75) is 51.9 Å². The van der Waals surface area contributed by atoms with Crippen molar-refractivity contribution in [3.8, 4) is 0 Å². The normalized spacial score (nSPS) is 18.3. The molecule has 0 aromatic heterocycles. The maximum Gasteiger partial charge on any atom is 0.103 e. The fourth-order valence-electron chi connectivity index (χ4n) is 2.57. The summed E-state index contributed by atoms with van der Waals surface area (Å²) in [4.78, 5) is 4.58. The number of benzene rings is 1. The van der Waals surface area contributed by atoms with E-state index in [2.05, 4.69) is 43.1 Å². The van der Waals surface area contributed by atoms with Crippen molar-refractivity contribution in [1.82, 2.24) is 0 Å². The summed E-state index contributed by atoms with van der Waals surface area (Å²) in [6.45, 7) is 4.41. The van der Waals surface area contributed by atoms with Gasteiger partial charge >= 0.3 is 0 Å². The summed E-state index contributed by atoms with van der Waals surface area (Å²) < 4.78 is 0. The summed E-state index contributed by atoms with van der Waals surface area (Å²) in [6.07, 6.45) is 6.37. The highest BCUT2D eigenvalue weighted by Gasteiger charge is 2.16. The fourth-order valence-corrected chi connectivity index (χ4v) is 2.57. The zero-order valence-corrected chi connectivity index (χ0v) is 11.5. The predicted molar refractivity (Wildman–Crippen MR) is 78.4 cm³/mol. The van der Waals surface area contributed by atoms with Gasteiger partial charge in [0.2, 0.25) is 0 Å². The second-order valence-corrected chi connectivity index (χ2v) is 5.62. The molecule has 0 amide bonds. The molecule has 1 aliphatic rings. The summed E-state index contributed by atoms with van der Waals surface area (Å²) >= 11 is 0. The first-order valence-corrected chi connectivity index (χ1v) is 7.11. The average Bonchev–Trinajstić information content (AvgIpc) is 2.40. The van der Waals surface area contributed by atoms with Crippen molar-refractivity contribution in [2.75, 3.05) is 0 Å². The molecule has 1 aromatic carbocycles. The summed E-state index contributed by atoms with van der Waals surface area (Å²) in [7, 11) is 0. The molecule has 0 heterocycles. The molecule has 0 radical (unpaired) electrons. The van der Waals surface area contributed by atoms with E-state index in [4.69, 9.17) is 5.73 Å². The summed E-state index contributed by atoms with van der Waals surface area (Å²) in [5, 5.41) is 0. The van der Waals surface area contributed by atoms with Crippen LogP contribution in [0.3, 0.4) is 0 Å². The summed E-state index contributed by atoms with van der Waals surface area (Å²) in [5.74, 6) is 1.90. The Balaban J connectivity index is 2.06. The topological polar surface area (TPSA) is 38.4 Å². The van der Waals surface area contributed by atoms with Gasteiger partial charge in [0.05, 0.1) is 5.69 Å². The van der Waals surface area contributed by atoms with Gasteiger partial charge in [0.15, 0.2) is 0 Å². The minimum atomic E-state index is 0.503. The van der Waals surface area contributed by atoms with Crippen molar-refractivity contribution in [3.63, 3.8) is 0 Å². The van der Waals surface area contributed by atoms with E-state index in [-0.39, 0.29) is 0 Å². The van der Waals surface area contributed by atoms with Gasteiger partial charge in [-0.15, -0.1) is 0 Å². The molecule has 1 fully saturated rings. The van der Waals surface area contributed by atoms with E-state index in [1.165, 1.54) is 37.7 Å². The van der Waals surface area contributed by atoms with Crippen LogP contribution >= 0.6 is 0 Å². The summed E-state index contributed by atoms with van der Waals surface area (Å²) in [5.41, 5.74) is 8.47. The molecule has 0 aliphatic heterocycles. The second kappa shape index (κ2) is 6.03. The SMILES string of the molecule is CC(C)c1ccc(N=C(N)C2CCCCC2)cc1. The maximum absolute atomic E-state index is 6.13. The Bertz CT molecular complexity index is 398. The Labute approximate surface area is 110 Å². The number of rotatable bonds is 3. The van der Waals surface area contributed by atoms with Gasteiger partial charge in [0.1, 0.15) is 5.84 Å². The van der Waals surface area contributed by atoms with E-state index in [0.29, 0.717) is 11.8 Å². The highest BCUT2D eigenvalue weighted by Crippen LogP contribution is 2.25. The van der Waals surface area contributed by atoms with Gasteiger partial charge in [-0.25, -0.2) is 4.99 Å². The Kier molecular flexibility index (Phi) is 4.40. The van der Waals surface area contributed by atoms with Gasteiger partial charge in [-0.2, -0.15) is 0 Å². The van der Waals surface area contributed by atoms with Crippen molar-refractivity contribution < 1.29 is 0 Å². The molecule has 0 atom stereocenters. The highest BCUT2D eigenvalue weighted by atomic mass is 14.9. The first-order chi connectivity index (χ1) is 8.66. The van der Waals surface area contributed by atoms with Crippen LogP contribution in [-0.2, 0) is 0 Å². The Hall–Kier alpha value is -1.31. The van der Waals surface area contributed by atoms with Crippen LogP contribution in [0.2, 0.25) is 0 Å². The monoisotopic (exact) mass is 244 g/mol. The molecule has 0 bridgehead atoms. The Morgan fingerprint density at radius 2 is 1.72 bits per heavy atom. The third kappa shape index (κ3) is 3.34. The van der Waals surface area contributed by atoms with Crippen LogP contribution in [0.25, 0.3) is 0 Å². The van der Waals surface area contributed by atoms with Crippen LogP contribution < -0.4 is 5.73 Å². The van der Waals surface area contributed by atoms with Gasteiger partial charge in [-0.05, 0) is 36.5 Å². The lowest BCUT2D eigenvalue weighted by molar-refractivity contribution is 0.437. The van der Waals surface area contributed by atoms with Crippen LogP contribution in [0.1, 0.15) is 57.4 Å². The second-order valence-electron chi connectivity index (χ2n) is 5.62. The van der Waals surface area contributed by atoms with Crippen molar-refractivity contribution in [1.29, 1.82) is 0 Å². The number of hydrogen-bond acceptors (Lipinski definition) is 1. The lowest BCUT2D eigenvalue weighted by Crippen LogP contribution is -2.25. The molecule has 2 heteroatoms. The van der Waals surface area contributed by atoms with Gasteiger partial charge in [0.25, 0.3) is 0 Å². The predicted octanol–water partition coefficient (Wildman–Crippen LogP) is 4.38. The molecule has 98 valence electrons. The van der Waals surface area contributed by atoms with E-state index in [1.54, 1.807) is 0 Å². The first-order valence-electron chi connectivity index (χ1n) is 7.11. The molecule has 0 saturated heterocycles. The molecular formula is C16H24N2. The Morgan fingerprint density at radius 1 is 1.11 bits per heavy atom. The maximum atomic E-state index is 6.13. The fraction of sp³-hybridized carbons (Fsp3) is 0.562. The molecule has 18 heavy (non-hydrogen) atoms. The molecule has 0 unspecified atom stereocenters. The van der Waals surface area contributed by atoms with Gasteiger partial charge in [0, 0.05) is 5.92 Å². The molecule has 2 N–H and O–H groups in total. The third-order valence-electron chi connectivity index (χ3n) is 3.84. The van der Waals surface area contributed by atoms with Gasteiger partial charge in [-0.3, -0.25) is 0 Å². The highest BCUT2D eigenvalue weighted by molar-refractivity contribution is 5.85. The quantitative estimate of drug-likeness (QED) is 0.622. The number of amidine groups is 1. The molecule has 2 rings (SSSR count). The van der Waals surface area contributed by atoms with Crippen LogP contribution in [-0.4, -0.2) is 5.84 Å². The average molecular weight is 244 g/mol. The lowest BCUT2D eigenvalue weighted by Gasteiger charge is -2.20. The minimum Gasteiger partial charge on any atom is -0.387 e. The van der Waals surface area contributed by atoms with E-state index in [0.717, 1.165) is 11.5 Å².